The number of rotatable bonds is 43. The van der Waals surface area contributed by atoms with Crippen LogP contribution >= 0.6 is 0 Å². The van der Waals surface area contributed by atoms with Gasteiger partial charge in [-0.2, -0.15) is 0 Å². The molecule has 87 heavy (non-hydrogen) atoms. The highest BCUT2D eigenvalue weighted by Crippen LogP contribution is 2.36. The molecule has 0 saturated carbocycles. The minimum absolute atomic E-state index is 0.0573. The van der Waals surface area contributed by atoms with E-state index >= 15 is 0 Å². The Morgan fingerprint density at radius 3 is 0.954 bits per heavy atom. The Balaban J connectivity index is 2.01. The molecule has 3 rings (SSSR count). The van der Waals surface area contributed by atoms with Crippen LogP contribution in [0.15, 0.2) is 54.6 Å². The van der Waals surface area contributed by atoms with E-state index in [9.17, 15) is 47.9 Å². The SMILES string of the molecule is CCOC(=O)C(CCOCC(CCCCCCCNC(=O)OCc1c2ccccc2cc2ccccc12)(COCCC(C(=O)OCC)(C(=O)OCC)C(=O)OCC)COCCC(C(=O)OCC)(C(=O)OCC)C(=O)OCC)(C(=O)OCC)C(=O)OCC. The Morgan fingerprint density at radius 1 is 0.356 bits per heavy atom. The van der Waals surface area contributed by atoms with Crippen molar-refractivity contribution in [3.8, 4) is 0 Å². The number of amides is 1. The molecule has 0 aliphatic carbocycles. The van der Waals surface area contributed by atoms with Gasteiger partial charge in [-0.25, -0.2) is 4.79 Å². The Morgan fingerprint density at radius 2 is 0.644 bits per heavy atom. The van der Waals surface area contributed by atoms with Gasteiger partial charge in [-0.1, -0.05) is 74.2 Å². The first-order valence-electron chi connectivity index (χ1n) is 30.0. The Labute approximate surface area is 508 Å². The van der Waals surface area contributed by atoms with Crippen molar-refractivity contribution in [1.29, 1.82) is 0 Å². The number of esters is 9. The van der Waals surface area contributed by atoms with Crippen molar-refractivity contribution < 1.29 is 110 Å². The van der Waals surface area contributed by atoms with Crippen LogP contribution < -0.4 is 5.32 Å². The Hall–Kier alpha value is -7.44. The van der Waals surface area contributed by atoms with Gasteiger partial charge in [0.15, 0.2) is 0 Å². The highest BCUT2D eigenvalue weighted by atomic mass is 16.6. The van der Waals surface area contributed by atoms with Crippen LogP contribution in [-0.2, 0) is 111 Å². The lowest BCUT2D eigenvalue weighted by molar-refractivity contribution is -0.187. The second kappa shape index (κ2) is 38.7. The van der Waals surface area contributed by atoms with Crippen LogP contribution in [0.3, 0.4) is 0 Å². The topological polar surface area (TPSA) is 303 Å². The van der Waals surface area contributed by atoms with Crippen molar-refractivity contribution in [2.75, 3.05) is 106 Å². The van der Waals surface area contributed by atoms with E-state index in [4.69, 9.17) is 61.6 Å². The average molecular weight is 1230 g/mol. The molecule has 24 nitrogen and oxygen atoms in total. The summed E-state index contributed by atoms with van der Waals surface area (Å²) in [6, 6.07) is 17.9. The molecule has 0 unspecified atom stereocenters. The first-order valence-corrected chi connectivity index (χ1v) is 30.0. The van der Waals surface area contributed by atoms with Crippen molar-refractivity contribution in [2.45, 2.75) is 127 Å². The van der Waals surface area contributed by atoms with Crippen molar-refractivity contribution in [3.63, 3.8) is 0 Å². The molecular weight excluding hydrogens is 1140 g/mol. The highest BCUT2D eigenvalue weighted by Gasteiger charge is 2.59. The van der Waals surface area contributed by atoms with Crippen LogP contribution in [0.2, 0.25) is 0 Å². The third kappa shape index (κ3) is 20.0. The zero-order valence-electron chi connectivity index (χ0n) is 52.0. The molecule has 0 radical (unpaired) electrons. The summed E-state index contributed by atoms with van der Waals surface area (Å²) in [5, 5.41) is 6.85. The van der Waals surface area contributed by atoms with Gasteiger partial charge >= 0.3 is 59.8 Å². The lowest BCUT2D eigenvalue weighted by Crippen LogP contribution is -2.51. The van der Waals surface area contributed by atoms with E-state index in [2.05, 4.69) is 11.4 Å². The van der Waals surface area contributed by atoms with E-state index in [-0.39, 0.29) is 92.3 Å². The zero-order chi connectivity index (χ0) is 64.3. The number of fused-ring (bicyclic) bond motifs is 2. The number of unbranched alkanes of at least 4 members (excludes halogenated alkanes) is 4. The quantitative estimate of drug-likeness (QED) is 0.0186. The van der Waals surface area contributed by atoms with Crippen LogP contribution in [0.1, 0.15) is 126 Å². The van der Waals surface area contributed by atoms with Crippen LogP contribution in [-0.4, -0.2) is 165 Å². The fourth-order valence-electron chi connectivity index (χ4n) is 9.64. The van der Waals surface area contributed by atoms with Crippen molar-refractivity contribution in [3.05, 3.63) is 60.2 Å². The van der Waals surface area contributed by atoms with Gasteiger partial charge in [0.25, 0.3) is 16.2 Å². The minimum Gasteiger partial charge on any atom is -0.465 e. The Kier molecular flexibility index (Phi) is 32.8. The van der Waals surface area contributed by atoms with Crippen LogP contribution in [0.25, 0.3) is 21.5 Å². The molecule has 0 spiro atoms. The van der Waals surface area contributed by atoms with Gasteiger partial charge in [-0.05, 0) is 103 Å². The van der Waals surface area contributed by atoms with Gasteiger partial charge in [-0.15, -0.1) is 0 Å². The number of benzene rings is 3. The molecule has 0 saturated heterocycles. The fourth-order valence-corrected chi connectivity index (χ4v) is 9.64. The number of alkyl carbamates (subject to hydrolysis) is 1. The maximum atomic E-state index is 13.7. The number of hydrogen-bond acceptors (Lipinski definition) is 23. The predicted molar refractivity (Wildman–Crippen MR) is 313 cm³/mol. The summed E-state index contributed by atoms with van der Waals surface area (Å²) in [4.78, 5) is 136. The third-order valence-corrected chi connectivity index (χ3v) is 14.1. The van der Waals surface area contributed by atoms with E-state index in [1.165, 1.54) is 62.3 Å². The lowest BCUT2D eigenvalue weighted by atomic mass is 9.83. The molecular formula is C63H89NO23. The summed E-state index contributed by atoms with van der Waals surface area (Å²) in [7, 11) is 0. The van der Waals surface area contributed by atoms with Crippen molar-refractivity contribution in [2.24, 2.45) is 21.7 Å². The minimum atomic E-state index is -2.61. The summed E-state index contributed by atoms with van der Waals surface area (Å²) >= 11 is 0. The molecule has 0 aliphatic rings. The van der Waals surface area contributed by atoms with E-state index in [0.29, 0.717) is 38.6 Å². The van der Waals surface area contributed by atoms with E-state index in [1.807, 2.05) is 48.5 Å². The first kappa shape index (κ1) is 73.8. The number of hydrogen-bond donors (Lipinski definition) is 1. The molecule has 1 N–H and O–H groups in total. The normalized spacial score (nSPS) is 11.7. The molecule has 24 heteroatoms. The van der Waals surface area contributed by atoms with E-state index < -0.39 is 121 Å². The fraction of sp³-hybridized carbons (Fsp3) is 0.619. The van der Waals surface area contributed by atoms with Crippen molar-refractivity contribution in [1.82, 2.24) is 5.32 Å². The zero-order valence-corrected chi connectivity index (χ0v) is 52.0. The summed E-state index contributed by atoms with van der Waals surface area (Å²) in [5.74, 6) is -11.1. The highest BCUT2D eigenvalue weighted by molar-refractivity contribution is 6.19. The first-order chi connectivity index (χ1) is 41.9. The molecule has 0 heterocycles. The molecule has 0 aliphatic heterocycles. The molecule has 1 amide bonds. The summed E-state index contributed by atoms with van der Waals surface area (Å²) in [5.41, 5.74) is -8.25. The molecule has 0 atom stereocenters. The summed E-state index contributed by atoms with van der Waals surface area (Å²) in [6.45, 7) is 9.40. The maximum absolute atomic E-state index is 13.7. The van der Waals surface area contributed by atoms with Crippen molar-refractivity contribution >= 4 is 81.4 Å². The average Bonchev–Trinajstić information content (AvgIpc) is 3.68. The molecule has 0 fully saturated rings. The van der Waals surface area contributed by atoms with E-state index in [1.54, 1.807) is 0 Å². The maximum Gasteiger partial charge on any atom is 0.407 e. The van der Waals surface area contributed by atoms with Gasteiger partial charge in [0, 0.05) is 56.6 Å². The summed E-state index contributed by atoms with van der Waals surface area (Å²) < 4.78 is 71.6. The molecule has 0 aromatic heterocycles. The van der Waals surface area contributed by atoms with Crippen LogP contribution in [0.4, 0.5) is 4.79 Å². The number of nitrogens with one attached hydrogen (secondary N) is 1. The second-order valence-electron chi connectivity index (χ2n) is 19.9. The molecule has 484 valence electrons. The lowest BCUT2D eigenvalue weighted by Gasteiger charge is -2.35. The van der Waals surface area contributed by atoms with Gasteiger partial charge in [0.1, 0.15) is 6.61 Å². The van der Waals surface area contributed by atoms with E-state index in [0.717, 1.165) is 27.1 Å². The molecule has 0 bridgehead atoms. The van der Waals surface area contributed by atoms with Crippen LogP contribution in [0, 0.1) is 21.7 Å². The largest absolute Gasteiger partial charge is 0.465 e. The van der Waals surface area contributed by atoms with Gasteiger partial charge in [0.2, 0.25) is 0 Å². The monoisotopic (exact) mass is 1230 g/mol. The van der Waals surface area contributed by atoms with Crippen LogP contribution in [0.5, 0.6) is 0 Å². The van der Waals surface area contributed by atoms with Gasteiger partial charge in [-0.3, -0.25) is 43.2 Å². The second-order valence-corrected chi connectivity index (χ2v) is 19.9. The van der Waals surface area contributed by atoms with Gasteiger partial charge in [0.05, 0.1) is 79.3 Å². The molecule has 3 aromatic rings. The van der Waals surface area contributed by atoms with Gasteiger partial charge < -0.3 is 66.9 Å². The number of carbonyl (C=O) groups is 10. The third-order valence-electron chi connectivity index (χ3n) is 14.1. The summed E-state index contributed by atoms with van der Waals surface area (Å²) in [6.07, 6.45) is 0.667. The number of carbonyl (C=O) groups excluding carboxylic acids is 10. The standard InChI is InChI=1S/C63H89NO23/c1-10-78-50(65)61(51(66)79-11-2,52(67)80-12-3)33-37-75-42-60(43-76-38-34-62(53(68)81-13-4,54(69)82-14-5)55(70)83-15-6,44-77-39-35-63(56(71)84-16-7,57(72)85-17-8)58(73)86-18-9)32-26-20-19-21-27-36-64-59(74)87-41-49-47-30-24-22-28-45(47)40-46-29-23-25-31-48(46)49/h22-25,28-31,40H,10-21,26-27,32-39,41-44H2,1-9H3,(H,64,74). The number of ether oxygens (including phenoxy) is 13. The smallest absolute Gasteiger partial charge is 0.407 e. The Bertz CT molecular complexity index is 2360. The molecule has 3 aromatic carbocycles. The predicted octanol–water partition coefficient (Wildman–Crippen LogP) is 7.79.